The average Bonchev–Trinajstić information content (AvgIpc) is 3.49. The largest absolute Gasteiger partial charge is 0.410 e. The summed E-state index contributed by atoms with van der Waals surface area (Å²) in [6.45, 7) is 3.43. The summed E-state index contributed by atoms with van der Waals surface area (Å²) in [7, 11) is 1.64. The topological polar surface area (TPSA) is 121 Å². The molecule has 0 bridgehead atoms. The van der Waals surface area contributed by atoms with E-state index in [-0.39, 0.29) is 11.7 Å². The third-order valence-electron chi connectivity index (χ3n) is 7.67. The molecule has 2 aromatic heterocycles. The molecular formula is C26H34F3N7O3. The van der Waals surface area contributed by atoms with E-state index in [2.05, 4.69) is 27.6 Å². The summed E-state index contributed by atoms with van der Waals surface area (Å²) in [6, 6.07) is 0.547. The number of carbonyl (C=O) groups is 3. The summed E-state index contributed by atoms with van der Waals surface area (Å²) in [5.74, 6) is -0.189. The molecule has 212 valence electrons. The van der Waals surface area contributed by atoms with Gasteiger partial charge >= 0.3 is 12.2 Å². The molecule has 2 aliphatic rings. The summed E-state index contributed by atoms with van der Waals surface area (Å²) in [4.78, 5) is 44.2. The Morgan fingerprint density at radius 3 is 2.49 bits per heavy atom. The number of nitrogens with zero attached hydrogens (tertiary/aromatic N) is 4. The van der Waals surface area contributed by atoms with Gasteiger partial charge in [-0.1, -0.05) is 26.7 Å². The molecule has 10 nitrogen and oxygen atoms in total. The zero-order valence-corrected chi connectivity index (χ0v) is 22.2. The smallest absolute Gasteiger partial charge is 0.339 e. The van der Waals surface area contributed by atoms with Crippen molar-refractivity contribution in [3.8, 4) is 0 Å². The number of rotatable bonds is 8. The fourth-order valence-electron chi connectivity index (χ4n) is 5.40. The molecule has 1 saturated heterocycles. The van der Waals surface area contributed by atoms with Crippen LogP contribution in [0.3, 0.4) is 0 Å². The van der Waals surface area contributed by atoms with Gasteiger partial charge in [0.25, 0.3) is 5.91 Å². The first-order chi connectivity index (χ1) is 18.5. The number of hydrogen-bond donors (Lipinski definition) is 3. The van der Waals surface area contributed by atoms with Crippen molar-refractivity contribution < 1.29 is 27.6 Å². The van der Waals surface area contributed by atoms with Crippen LogP contribution in [0.2, 0.25) is 0 Å². The molecule has 39 heavy (non-hydrogen) atoms. The monoisotopic (exact) mass is 549 g/mol. The van der Waals surface area contributed by atoms with Crippen LogP contribution in [-0.4, -0.2) is 62.3 Å². The van der Waals surface area contributed by atoms with E-state index in [4.69, 9.17) is 0 Å². The van der Waals surface area contributed by atoms with E-state index in [9.17, 15) is 27.6 Å². The number of hydrogen-bond acceptors (Lipinski definition) is 5. The number of aryl methyl sites for hydroxylation is 1. The molecule has 1 aliphatic heterocycles. The molecule has 13 heteroatoms. The minimum atomic E-state index is -4.55. The highest BCUT2D eigenvalue weighted by atomic mass is 19.4. The normalized spacial score (nSPS) is 23.2. The predicted molar refractivity (Wildman–Crippen MR) is 137 cm³/mol. The lowest BCUT2D eigenvalue weighted by molar-refractivity contribution is -0.150. The van der Waals surface area contributed by atoms with Gasteiger partial charge in [-0.05, 0) is 54.9 Å². The van der Waals surface area contributed by atoms with E-state index in [1.54, 1.807) is 32.2 Å². The summed E-state index contributed by atoms with van der Waals surface area (Å²) >= 11 is 0. The minimum absolute atomic E-state index is 0.0717. The second-order valence-electron chi connectivity index (χ2n) is 10.4. The molecule has 3 atom stereocenters. The zero-order chi connectivity index (χ0) is 28.3. The van der Waals surface area contributed by atoms with Gasteiger partial charge in [-0.25, -0.2) is 9.78 Å². The van der Waals surface area contributed by atoms with Gasteiger partial charge in [0.1, 0.15) is 23.6 Å². The molecule has 0 unspecified atom stereocenters. The Kier molecular flexibility index (Phi) is 8.45. The van der Waals surface area contributed by atoms with E-state index in [1.165, 1.54) is 17.1 Å². The van der Waals surface area contributed by atoms with Crippen LogP contribution >= 0.6 is 0 Å². The van der Waals surface area contributed by atoms with Crippen molar-refractivity contribution in [3.05, 3.63) is 41.9 Å². The van der Waals surface area contributed by atoms with E-state index in [1.807, 2.05) is 5.32 Å². The van der Waals surface area contributed by atoms with E-state index in [0.29, 0.717) is 23.6 Å². The number of urea groups is 1. The van der Waals surface area contributed by atoms with Crippen molar-refractivity contribution in [3.63, 3.8) is 0 Å². The van der Waals surface area contributed by atoms with Crippen molar-refractivity contribution in [2.75, 3.05) is 11.9 Å². The average molecular weight is 550 g/mol. The van der Waals surface area contributed by atoms with Crippen LogP contribution in [0, 0.1) is 11.8 Å². The first kappa shape index (κ1) is 28.4. The highest BCUT2D eigenvalue weighted by Crippen LogP contribution is 2.33. The highest BCUT2D eigenvalue weighted by molar-refractivity contribution is 6.00. The highest BCUT2D eigenvalue weighted by Gasteiger charge is 2.48. The fourth-order valence-corrected chi connectivity index (χ4v) is 5.40. The lowest BCUT2D eigenvalue weighted by Gasteiger charge is -2.32. The van der Waals surface area contributed by atoms with E-state index < -0.39 is 48.7 Å². The number of pyridine rings is 1. The van der Waals surface area contributed by atoms with Gasteiger partial charge in [0.2, 0.25) is 5.91 Å². The van der Waals surface area contributed by atoms with Crippen molar-refractivity contribution in [2.24, 2.45) is 18.9 Å². The van der Waals surface area contributed by atoms with Crippen LogP contribution in [0.4, 0.5) is 23.8 Å². The third-order valence-corrected chi connectivity index (χ3v) is 7.67. The first-order valence-corrected chi connectivity index (χ1v) is 13.2. The van der Waals surface area contributed by atoms with Crippen molar-refractivity contribution >= 4 is 23.7 Å². The molecule has 1 saturated carbocycles. The zero-order valence-electron chi connectivity index (χ0n) is 22.2. The van der Waals surface area contributed by atoms with Gasteiger partial charge in [-0.15, -0.1) is 0 Å². The van der Waals surface area contributed by atoms with Crippen molar-refractivity contribution in [1.29, 1.82) is 0 Å². The predicted octanol–water partition coefficient (Wildman–Crippen LogP) is 3.79. The Bertz CT molecular complexity index is 1190. The van der Waals surface area contributed by atoms with Crippen LogP contribution < -0.4 is 16.0 Å². The molecule has 2 fully saturated rings. The number of aromatic nitrogens is 3. The summed E-state index contributed by atoms with van der Waals surface area (Å²) in [5.41, 5.74) is 0.867. The van der Waals surface area contributed by atoms with Gasteiger partial charge in [-0.3, -0.25) is 14.3 Å². The molecule has 1 aliphatic carbocycles. The maximum Gasteiger partial charge on any atom is 0.410 e. The van der Waals surface area contributed by atoms with Crippen LogP contribution in [0.1, 0.15) is 68.0 Å². The Hall–Kier alpha value is -3.64. The quantitative estimate of drug-likeness (QED) is 0.463. The number of amides is 4. The van der Waals surface area contributed by atoms with Gasteiger partial charge in [0, 0.05) is 19.4 Å². The van der Waals surface area contributed by atoms with Gasteiger partial charge in [-0.2, -0.15) is 18.3 Å². The number of halogens is 3. The molecule has 2 aromatic rings. The minimum Gasteiger partial charge on any atom is -0.339 e. The molecule has 0 spiro atoms. The molecule has 4 amide bonds. The Morgan fingerprint density at radius 1 is 1.18 bits per heavy atom. The molecule has 0 aromatic carbocycles. The molecule has 3 heterocycles. The maximum atomic E-state index is 13.5. The lowest BCUT2D eigenvalue weighted by Crippen LogP contribution is -2.49. The van der Waals surface area contributed by atoms with E-state index >= 15 is 0 Å². The Labute approximate surface area is 224 Å². The summed E-state index contributed by atoms with van der Waals surface area (Å²) < 4.78 is 41.0. The molecular weight excluding hydrogens is 515 g/mol. The number of carbonyl (C=O) groups excluding carboxylic acids is 3. The lowest BCUT2D eigenvalue weighted by atomic mass is 9.79. The first-order valence-electron chi connectivity index (χ1n) is 13.2. The van der Waals surface area contributed by atoms with Gasteiger partial charge in [0.05, 0.1) is 12.6 Å². The van der Waals surface area contributed by atoms with Crippen LogP contribution in [0.5, 0.6) is 0 Å². The SMILES string of the molecule is CC[C@H](c1ccnc(NC(=O)[C@@H](NC(=O)c2ccnn2C)C2CCC(C)CC2)c1)N1C[C@@H](C(F)(F)F)NC1=O. The fraction of sp³-hybridized carbons (Fsp3) is 0.577. The molecule has 0 radical (unpaired) electrons. The summed E-state index contributed by atoms with van der Waals surface area (Å²) in [5, 5.41) is 11.7. The Balaban J connectivity index is 1.52. The second kappa shape index (κ2) is 11.6. The number of nitrogens with one attached hydrogen (secondary N) is 3. The number of alkyl halides is 3. The van der Waals surface area contributed by atoms with E-state index in [0.717, 1.165) is 30.6 Å². The van der Waals surface area contributed by atoms with Crippen LogP contribution in [-0.2, 0) is 11.8 Å². The molecule has 3 N–H and O–H groups in total. The second-order valence-corrected chi connectivity index (χ2v) is 10.4. The molecule has 4 rings (SSSR count). The number of anilines is 1. The van der Waals surface area contributed by atoms with Gasteiger partial charge in [0.15, 0.2) is 0 Å². The Morgan fingerprint density at radius 2 is 1.90 bits per heavy atom. The van der Waals surface area contributed by atoms with Crippen LogP contribution in [0.25, 0.3) is 0 Å². The standard InChI is InChI=1S/C26H34F3N7O3/c1-4-18(36-14-20(26(27,28)29)32-25(36)39)17-9-11-30-21(13-17)33-24(38)22(16-7-5-15(2)6-8-16)34-23(37)19-10-12-31-35(19)3/h9-13,15-16,18,20,22H,4-8,14H2,1-3H3,(H,32,39)(H,34,37)(H,30,33,38)/t15?,16?,18-,20+,22+/m1/s1. The van der Waals surface area contributed by atoms with Crippen molar-refractivity contribution in [2.45, 2.75) is 70.3 Å². The summed E-state index contributed by atoms with van der Waals surface area (Å²) in [6.07, 6.45) is 2.20. The van der Waals surface area contributed by atoms with Gasteiger partial charge < -0.3 is 20.9 Å². The maximum absolute atomic E-state index is 13.5. The van der Waals surface area contributed by atoms with Crippen molar-refractivity contribution in [1.82, 2.24) is 30.3 Å². The third kappa shape index (κ3) is 6.51. The van der Waals surface area contributed by atoms with Crippen LogP contribution in [0.15, 0.2) is 30.6 Å².